The number of aromatic nitrogens is 1. The van der Waals surface area contributed by atoms with E-state index >= 15 is 0 Å². The zero-order chi connectivity index (χ0) is 10.7. The van der Waals surface area contributed by atoms with E-state index in [1.165, 1.54) is 6.08 Å². The Labute approximate surface area is 87.5 Å². The van der Waals surface area contributed by atoms with Gasteiger partial charge < -0.3 is 4.74 Å². The van der Waals surface area contributed by atoms with Gasteiger partial charge in [0.15, 0.2) is 0 Å². The molecule has 0 aliphatic carbocycles. The van der Waals surface area contributed by atoms with Gasteiger partial charge in [-0.1, -0.05) is 12.6 Å². The van der Waals surface area contributed by atoms with Gasteiger partial charge in [-0.2, -0.15) is 0 Å². The lowest BCUT2D eigenvalue weighted by atomic mass is 10.2. The lowest BCUT2D eigenvalue weighted by Crippen LogP contribution is -2.01. The maximum absolute atomic E-state index is 7.33. The lowest BCUT2D eigenvalue weighted by molar-refractivity contribution is 0.552. The first-order valence-corrected chi connectivity index (χ1v) is 4.53. The Morgan fingerprint density at radius 1 is 1.40 bits per heavy atom. The predicted molar refractivity (Wildman–Crippen MR) is 60.3 cm³/mol. The standard InChI is InChI=1S/C12H10N2O/c1-2-12(13)15-10-5-6-11-9(8-10)4-3-7-14-11/h2-8,13H,1H2. The van der Waals surface area contributed by atoms with Crippen molar-refractivity contribution in [2.45, 2.75) is 0 Å². The van der Waals surface area contributed by atoms with Crippen LogP contribution in [0, 0.1) is 5.41 Å². The van der Waals surface area contributed by atoms with E-state index in [1.54, 1.807) is 12.3 Å². The minimum absolute atomic E-state index is 0.0400. The van der Waals surface area contributed by atoms with Gasteiger partial charge in [0.1, 0.15) is 5.75 Å². The maximum Gasteiger partial charge on any atom is 0.211 e. The molecule has 1 N–H and O–H groups in total. The Morgan fingerprint density at radius 3 is 3.07 bits per heavy atom. The molecule has 0 spiro atoms. The van der Waals surface area contributed by atoms with E-state index in [1.807, 2.05) is 24.3 Å². The van der Waals surface area contributed by atoms with Crippen molar-refractivity contribution in [1.29, 1.82) is 5.41 Å². The molecular formula is C12H10N2O. The topological polar surface area (TPSA) is 46.0 Å². The zero-order valence-corrected chi connectivity index (χ0v) is 8.10. The molecule has 0 unspecified atom stereocenters. The van der Waals surface area contributed by atoms with Crippen molar-refractivity contribution in [3.63, 3.8) is 0 Å². The lowest BCUT2D eigenvalue weighted by Gasteiger charge is -2.04. The Kier molecular flexibility index (Phi) is 2.46. The maximum atomic E-state index is 7.33. The second-order valence-corrected chi connectivity index (χ2v) is 3.03. The summed E-state index contributed by atoms with van der Waals surface area (Å²) >= 11 is 0. The van der Waals surface area contributed by atoms with Crippen molar-refractivity contribution >= 4 is 16.8 Å². The first-order chi connectivity index (χ1) is 7.29. The van der Waals surface area contributed by atoms with E-state index in [0.717, 1.165) is 10.9 Å². The highest BCUT2D eigenvalue weighted by molar-refractivity contribution is 5.87. The summed E-state index contributed by atoms with van der Waals surface area (Å²) in [6, 6.07) is 9.31. The number of pyridine rings is 1. The van der Waals surface area contributed by atoms with Crippen LogP contribution in [0.5, 0.6) is 5.75 Å². The summed E-state index contributed by atoms with van der Waals surface area (Å²) in [5, 5.41) is 8.32. The molecule has 0 aliphatic rings. The van der Waals surface area contributed by atoms with Crippen LogP contribution in [0.4, 0.5) is 0 Å². The van der Waals surface area contributed by atoms with Crippen LogP contribution in [-0.4, -0.2) is 10.9 Å². The molecule has 74 valence electrons. The number of hydrogen-bond acceptors (Lipinski definition) is 3. The average molecular weight is 198 g/mol. The van der Waals surface area contributed by atoms with Crippen molar-refractivity contribution in [1.82, 2.24) is 4.98 Å². The second-order valence-electron chi connectivity index (χ2n) is 3.03. The predicted octanol–water partition coefficient (Wildman–Crippen LogP) is 2.78. The van der Waals surface area contributed by atoms with Crippen LogP contribution in [0.25, 0.3) is 10.9 Å². The van der Waals surface area contributed by atoms with Gasteiger partial charge >= 0.3 is 0 Å². The molecule has 2 aromatic rings. The monoisotopic (exact) mass is 198 g/mol. The first kappa shape index (κ1) is 9.40. The first-order valence-electron chi connectivity index (χ1n) is 4.53. The fourth-order valence-corrected chi connectivity index (χ4v) is 1.29. The highest BCUT2D eigenvalue weighted by Crippen LogP contribution is 2.18. The summed E-state index contributed by atoms with van der Waals surface area (Å²) in [7, 11) is 0. The molecule has 0 atom stereocenters. The summed E-state index contributed by atoms with van der Waals surface area (Å²) in [5.74, 6) is 0.665. The molecule has 15 heavy (non-hydrogen) atoms. The molecule has 0 aliphatic heterocycles. The van der Waals surface area contributed by atoms with E-state index < -0.39 is 0 Å². The van der Waals surface area contributed by atoms with Crippen LogP contribution in [0.1, 0.15) is 0 Å². The highest BCUT2D eigenvalue weighted by Gasteiger charge is 1.98. The van der Waals surface area contributed by atoms with Gasteiger partial charge in [0.25, 0.3) is 0 Å². The molecule has 1 heterocycles. The summed E-state index contributed by atoms with van der Waals surface area (Å²) in [6.45, 7) is 3.46. The van der Waals surface area contributed by atoms with E-state index in [-0.39, 0.29) is 5.90 Å². The summed E-state index contributed by atoms with van der Waals surface area (Å²) in [5.41, 5.74) is 0.912. The van der Waals surface area contributed by atoms with Crippen molar-refractivity contribution in [2.24, 2.45) is 0 Å². The number of rotatable bonds is 2. The number of ether oxygens (including phenoxy) is 1. The van der Waals surface area contributed by atoms with Gasteiger partial charge in [0.05, 0.1) is 5.52 Å². The third-order valence-electron chi connectivity index (χ3n) is 1.99. The van der Waals surface area contributed by atoms with E-state index in [0.29, 0.717) is 5.75 Å². The molecule has 0 fully saturated rings. The molecule has 3 nitrogen and oxygen atoms in total. The second kappa shape index (κ2) is 3.92. The van der Waals surface area contributed by atoms with Gasteiger partial charge in [-0.05, 0) is 30.3 Å². The number of hydrogen-bond donors (Lipinski definition) is 1. The molecular weight excluding hydrogens is 188 g/mol. The normalized spacial score (nSPS) is 9.87. The van der Waals surface area contributed by atoms with Gasteiger partial charge in [0, 0.05) is 11.6 Å². The van der Waals surface area contributed by atoms with E-state index in [2.05, 4.69) is 11.6 Å². The van der Waals surface area contributed by atoms with Crippen LogP contribution in [0.2, 0.25) is 0 Å². The third kappa shape index (κ3) is 2.02. The molecule has 2 rings (SSSR count). The van der Waals surface area contributed by atoms with Crippen LogP contribution in [0.3, 0.4) is 0 Å². The molecule has 3 heteroatoms. The van der Waals surface area contributed by atoms with Crippen LogP contribution < -0.4 is 4.74 Å². The molecule has 0 radical (unpaired) electrons. The Hall–Kier alpha value is -2.16. The fourth-order valence-electron chi connectivity index (χ4n) is 1.29. The largest absolute Gasteiger partial charge is 0.440 e. The molecule has 0 amide bonds. The van der Waals surface area contributed by atoms with Gasteiger partial charge in [0.2, 0.25) is 5.90 Å². The molecule has 1 aromatic heterocycles. The molecule has 0 bridgehead atoms. The van der Waals surface area contributed by atoms with Crippen molar-refractivity contribution in [2.75, 3.05) is 0 Å². The zero-order valence-electron chi connectivity index (χ0n) is 8.10. The molecule has 0 saturated carbocycles. The van der Waals surface area contributed by atoms with Gasteiger partial charge in [-0.15, -0.1) is 0 Å². The number of nitrogens with zero attached hydrogens (tertiary/aromatic N) is 1. The van der Waals surface area contributed by atoms with Crippen LogP contribution >= 0.6 is 0 Å². The Bertz CT molecular complexity index is 520. The Balaban J connectivity index is 2.38. The molecule has 0 saturated heterocycles. The molecule has 1 aromatic carbocycles. The van der Waals surface area contributed by atoms with E-state index in [9.17, 15) is 0 Å². The van der Waals surface area contributed by atoms with E-state index in [4.69, 9.17) is 10.1 Å². The van der Waals surface area contributed by atoms with Crippen molar-refractivity contribution in [3.05, 3.63) is 49.2 Å². The number of fused-ring (bicyclic) bond motifs is 1. The summed E-state index contributed by atoms with van der Waals surface area (Å²) in [4.78, 5) is 4.19. The van der Waals surface area contributed by atoms with Gasteiger partial charge in [-0.25, -0.2) is 0 Å². The SMILES string of the molecule is C=CC(=N)Oc1ccc2ncccc2c1. The van der Waals surface area contributed by atoms with Crippen LogP contribution in [-0.2, 0) is 0 Å². The summed E-state index contributed by atoms with van der Waals surface area (Å²) in [6.07, 6.45) is 3.10. The Morgan fingerprint density at radius 2 is 2.27 bits per heavy atom. The van der Waals surface area contributed by atoms with Gasteiger partial charge in [-0.3, -0.25) is 10.4 Å². The third-order valence-corrected chi connectivity index (χ3v) is 1.99. The number of benzene rings is 1. The minimum atomic E-state index is 0.0400. The fraction of sp³-hybridized carbons (Fsp3) is 0. The average Bonchev–Trinajstić information content (AvgIpc) is 2.29. The highest BCUT2D eigenvalue weighted by atomic mass is 16.5. The number of nitrogens with one attached hydrogen (secondary N) is 1. The summed E-state index contributed by atoms with van der Waals surface area (Å²) < 4.78 is 5.21. The van der Waals surface area contributed by atoms with Crippen molar-refractivity contribution in [3.8, 4) is 5.75 Å². The smallest absolute Gasteiger partial charge is 0.211 e. The van der Waals surface area contributed by atoms with Crippen molar-refractivity contribution < 1.29 is 4.74 Å². The quantitative estimate of drug-likeness (QED) is 0.595. The van der Waals surface area contributed by atoms with Crippen LogP contribution in [0.15, 0.2) is 49.2 Å². The minimum Gasteiger partial charge on any atom is -0.440 e.